The first-order valence-electron chi connectivity index (χ1n) is 10.1. The van der Waals surface area contributed by atoms with Gasteiger partial charge in [0, 0.05) is 29.5 Å². The van der Waals surface area contributed by atoms with Crippen molar-refractivity contribution in [3.05, 3.63) is 90.0 Å². The molecule has 0 aromatic heterocycles. The van der Waals surface area contributed by atoms with Crippen LogP contribution >= 0.6 is 0 Å². The van der Waals surface area contributed by atoms with Gasteiger partial charge < -0.3 is 15.0 Å². The monoisotopic (exact) mass is 402 g/mol. The lowest BCUT2D eigenvalue weighted by molar-refractivity contribution is 0.0990. The molecule has 30 heavy (non-hydrogen) atoms. The number of amides is 2. The number of ether oxygens (including phenoxy) is 1. The summed E-state index contributed by atoms with van der Waals surface area (Å²) in [6.07, 6.45) is 2.07. The zero-order valence-corrected chi connectivity index (χ0v) is 17.3. The van der Waals surface area contributed by atoms with Crippen molar-refractivity contribution in [1.82, 2.24) is 0 Å². The zero-order valence-electron chi connectivity index (χ0n) is 17.3. The van der Waals surface area contributed by atoms with Crippen LogP contribution in [-0.2, 0) is 0 Å². The van der Waals surface area contributed by atoms with Crippen LogP contribution in [0.25, 0.3) is 0 Å². The molecule has 0 atom stereocenters. The fraction of sp³-hybridized carbons (Fsp3) is 0.200. The van der Waals surface area contributed by atoms with Crippen LogP contribution < -0.4 is 15.0 Å². The molecule has 154 valence electrons. The van der Waals surface area contributed by atoms with Gasteiger partial charge >= 0.3 is 0 Å². The van der Waals surface area contributed by atoms with E-state index in [0.29, 0.717) is 23.4 Å². The summed E-state index contributed by atoms with van der Waals surface area (Å²) in [4.78, 5) is 27.0. The summed E-state index contributed by atoms with van der Waals surface area (Å²) in [7, 11) is 1.73. The predicted molar refractivity (Wildman–Crippen MR) is 120 cm³/mol. The quantitative estimate of drug-likeness (QED) is 0.514. The number of hydrogen-bond donors (Lipinski definition) is 1. The average Bonchev–Trinajstić information content (AvgIpc) is 2.79. The van der Waals surface area contributed by atoms with Crippen LogP contribution in [0.5, 0.6) is 5.75 Å². The molecule has 0 aliphatic heterocycles. The lowest BCUT2D eigenvalue weighted by Crippen LogP contribution is -2.26. The van der Waals surface area contributed by atoms with Crippen molar-refractivity contribution < 1.29 is 14.3 Å². The van der Waals surface area contributed by atoms with Crippen molar-refractivity contribution in [1.29, 1.82) is 0 Å². The zero-order chi connectivity index (χ0) is 21.3. The molecule has 0 fully saturated rings. The maximum atomic E-state index is 12.8. The van der Waals surface area contributed by atoms with Gasteiger partial charge in [0.1, 0.15) is 5.75 Å². The number of carbonyl (C=O) groups is 2. The number of benzene rings is 3. The molecule has 0 aliphatic carbocycles. The second-order valence-electron chi connectivity index (χ2n) is 6.96. The van der Waals surface area contributed by atoms with Gasteiger partial charge in [-0.1, -0.05) is 37.6 Å². The molecule has 0 unspecified atom stereocenters. The molecule has 0 spiro atoms. The lowest BCUT2D eigenvalue weighted by atomic mass is 10.1. The van der Waals surface area contributed by atoms with Gasteiger partial charge in [-0.3, -0.25) is 9.59 Å². The molecule has 0 saturated carbocycles. The van der Waals surface area contributed by atoms with Crippen LogP contribution in [0.15, 0.2) is 78.9 Å². The number of rotatable bonds is 8. The first kappa shape index (κ1) is 21.1. The first-order valence-corrected chi connectivity index (χ1v) is 10.1. The summed E-state index contributed by atoms with van der Waals surface area (Å²) in [6, 6.07) is 23.4. The number of carbonyl (C=O) groups excluding carboxylic acids is 2. The molecule has 0 radical (unpaired) electrons. The SMILES string of the molecule is CCCCOc1ccc(C(=O)Nc2cccc(C(=O)N(C)c3ccccc3)c2)cc1. The topological polar surface area (TPSA) is 58.6 Å². The van der Waals surface area contributed by atoms with Gasteiger partial charge in [-0.2, -0.15) is 0 Å². The van der Waals surface area contributed by atoms with Crippen molar-refractivity contribution in [3.63, 3.8) is 0 Å². The van der Waals surface area contributed by atoms with E-state index >= 15 is 0 Å². The Bertz CT molecular complexity index is 985. The Hall–Kier alpha value is -3.60. The summed E-state index contributed by atoms with van der Waals surface area (Å²) in [5.41, 5.74) is 2.39. The van der Waals surface area contributed by atoms with Crippen LogP contribution in [0.1, 0.15) is 40.5 Å². The summed E-state index contributed by atoms with van der Waals surface area (Å²) in [5.74, 6) is 0.360. The van der Waals surface area contributed by atoms with Gasteiger partial charge in [0.25, 0.3) is 11.8 Å². The highest BCUT2D eigenvalue weighted by atomic mass is 16.5. The Morgan fingerprint density at radius 2 is 1.63 bits per heavy atom. The third-order valence-electron chi connectivity index (χ3n) is 4.70. The number of nitrogens with one attached hydrogen (secondary N) is 1. The Balaban J connectivity index is 1.66. The van der Waals surface area contributed by atoms with Crippen molar-refractivity contribution in [2.45, 2.75) is 19.8 Å². The van der Waals surface area contributed by atoms with Crippen LogP contribution in [0.3, 0.4) is 0 Å². The van der Waals surface area contributed by atoms with E-state index in [2.05, 4.69) is 12.2 Å². The van der Waals surface area contributed by atoms with E-state index in [4.69, 9.17) is 4.74 Å². The van der Waals surface area contributed by atoms with Crippen molar-refractivity contribution in [3.8, 4) is 5.75 Å². The normalized spacial score (nSPS) is 10.3. The minimum Gasteiger partial charge on any atom is -0.494 e. The number of nitrogens with zero attached hydrogens (tertiary/aromatic N) is 1. The molecule has 3 aromatic carbocycles. The first-order chi connectivity index (χ1) is 14.6. The molecule has 0 aliphatic rings. The lowest BCUT2D eigenvalue weighted by Gasteiger charge is -2.17. The molecule has 2 amide bonds. The number of unbranched alkanes of at least 4 members (excludes halogenated alkanes) is 1. The second kappa shape index (κ2) is 10.3. The van der Waals surface area contributed by atoms with E-state index in [1.54, 1.807) is 60.5 Å². The minimum absolute atomic E-state index is 0.147. The smallest absolute Gasteiger partial charge is 0.258 e. The maximum Gasteiger partial charge on any atom is 0.258 e. The van der Waals surface area contributed by atoms with Crippen LogP contribution in [0, 0.1) is 0 Å². The molecule has 3 aromatic rings. The number of anilines is 2. The third-order valence-corrected chi connectivity index (χ3v) is 4.70. The summed E-state index contributed by atoms with van der Waals surface area (Å²) < 4.78 is 5.63. The average molecular weight is 402 g/mol. The van der Waals surface area contributed by atoms with Crippen molar-refractivity contribution in [2.24, 2.45) is 0 Å². The highest BCUT2D eigenvalue weighted by Crippen LogP contribution is 2.19. The summed E-state index contributed by atoms with van der Waals surface area (Å²) in [5, 5.41) is 2.85. The standard InChI is InChI=1S/C25H26N2O3/c1-3-4-17-30-23-15-13-19(14-16-23)24(28)26-21-10-8-9-20(18-21)25(29)27(2)22-11-6-5-7-12-22/h5-16,18H,3-4,17H2,1-2H3,(H,26,28). The molecule has 0 bridgehead atoms. The highest BCUT2D eigenvalue weighted by Gasteiger charge is 2.14. The highest BCUT2D eigenvalue weighted by molar-refractivity contribution is 6.08. The third kappa shape index (κ3) is 5.47. The Morgan fingerprint density at radius 1 is 0.900 bits per heavy atom. The van der Waals surface area contributed by atoms with Crippen molar-refractivity contribution in [2.75, 3.05) is 23.9 Å². The largest absolute Gasteiger partial charge is 0.494 e. The van der Waals surface area contributed by atoms with Crippen LogP contribution in [-0.4, -0.2) is 25.5 Å². The predicted octanol–water partition coefficient (Wildman–Crippen LogP) is 5.39. The Morgan fingerprint density at radius 3 is 2.33 bits per heavy atom. The van der Waals surface area contributed by atoms with E-state index in [-0.39, 0.29) is 11.8 Å². The number of hydrogen-bond acceptors (Lipinski definition) is 3. The van der Waals surface area contributed by atoms with Gasteiger partial charge in [0.2, 0.25) is 0 Å². The van der Waals surface area contributed by atoms with Gasteiger partial charge in [0.05, 0.1) is 6.61 Å². The van der Waals surface area contributed by atoms with E-state index < -0.39 is 0 Å². The van der Waals surface area contributed by atoms with E-state index in [1.807, 2.05) is 30.3 Å². The Kier molecular flexibility index (Phi) is 7.22. The Labute approximate surface area is 177 Å². The minimum atomic E-state index is -0.240. The molecular weight excluding hydrogens is 376 g/mol. The fourth-order valence-electron chi connectivity index (χ4n) is 2.93. The van der Waals surface area contributed by atoms with Gasteiger partial charge in [0.15, 0.2) is 0 Å². The molecule has 0 saturated heterocycles. The number of para-hydroxylation sites is 1. The molecule has 3 rings (SSSR count). The summed E-state index contributed by atoms with van der Waals surface area (Å²) >= 11 is 0. The van der Waals surface area contributed by atoms with Gasteiger partial charge in [-0.05, 0) is 61.0 Å². The second-order valence-corrected chi connectivity index (χ2v) is 6.96. The van der Waals surface area contributed by atoms with E-state index in [1.165, 1.54) is 0 Å². The fourth-order valence-corrected chi connectivity index (χ4v) is 2.93. The molecule has 0 heterocycles. The molecule has 1 N–H and O–H groups in total. The van der Waals surface area contributed by atoms with Crippen molar-refractivity contribution >= 4 is 23.2 Å². The van der Waals surface area contributed by atoms with Crippen LogP contribution in [0.2, 0.25) is 0 Å². The van der Waals surface area contributed by atoms with E-state index in [9.17, 15) is 9.59 Å². The van der Waals surface area contributed by atoms with Crippen LogP contribution in [0.4, 0.5) is 11.4 Å². The van der Waals surface area contributed by atoms with Gasteiger partial charge in [-0.25, -0.2) is 0 Å². The maximum absolute atomic E-state index is 12.8. The molecular formula is C25H26N2O3. The summed E-state index contributed by atoms with van der Waals surface area (Å²) in [6.45, 7) is 2.78. The molecule has 5 heteroatoms. The van der Waals surface area contributed by atoms with E-state index in [0.717, 1.165) is 24.3 Å². The molecule has 5 nitrogen and oxygen atoms in total. The van der Waals surface area contributed by atoms with Gasteiger partial charge in [-0.15, -0.1) is 0 Å².